The van der Waals surface area contributed by atoms with Gasteiger partial charge in [0.1, 0.15) is 17.4 Å². The van der Waals surface area contributed by atoms with E-state index in [4.69, 9.17) is 4.74 Å². The number of hydrogen-bond donors (Lipinski definition) is 3. The summed E-state index contributed by atoms with van der Waals surface area (Å²) in [7, 11) is 0. The number of ether oxygens (including phenoxy) is 2. The molecule has 2 amide bonds. The Labute approximate surface area is 226 Å². The van der Waals surface area contributed by atoms with Gasteiger partial charge in [-0.2, -0.15) is 0 Å². The molecule has 0 radical (unpaired) electrons. The molecule has 1 aliphatic heterocycles. The molecule has 1 fully saturated rings. The summed E-state index contributed by atoms with van der Waals surface area (Å²) < 4.78 is 47.5. The van der Waals surface area contributed by atoms with E-state index in [-0.39, 0.29) is 24.6 Å². The SMILES string of the molecule is CC(C)C1NC([C@H](O)[C@H](Cc2ccccc2)NC(=O)OC(C)(C)C)C(=O)N1Cc1cccc(OC(F)(F)F)c1. The highest BCUT2D eigenvalue weighted by atomic mass is 19.4. The summed E-state index contributed by atoms with van der Waals surface area (Å²) in [6.45, 7) is 8.92. The molecule has 2 unspecified atom stereocenters. The first-order valence-electron chi connectivity index (χ1n) is 12.8. The van der Waals surface area contributed by atoms with Crippen molar-refractivity contribution in [3.63, 3.8) is 0 Å². The summed E-state index contributed by atoms with van der Waals surface area (Å²) >= 11 is 0. The molecule has 3 rings (SSSR count). The predicted molar refractivity (Wildman–Crippen MR) is 139 cm³/mol. The minimum atomic E-state index is -4.84. The van der Waals surface area contributed by atoms with E-state index >= 15 is 0 Å². The lowest BCUT2D eigenvalue weighted by Crippen LogP contribution is -2.55. The van der Waals surface area contributed by atoms with Crippen LogP contribution in [0.2, 0.25) is 0 Å². The number of hydrogen-bond acceptors (Lipinski definition) is 6. The number of aliphatic hydroxyl groups excluding tert-OH is 1. The van der Waals surface area contributed by atoms with E-state index < -0.39 is 48.3 Å². The molecule has 2 aromatic rings. The molecule has 0 saturated carbocycles. The molecule has 0 aliphatic carbocycles. The zero-order chi connectivity index (χ0) is 29.0. The van der Waals surface area contributed by atoms with Gasteiger partial charge in [-0.05, 0) is 56.4 Å². The molecule has 3 N–H and O–H groups in total. The van der Waals surface area contributed by atoms with Gasteiger partial charge in [0.2, 0.25) is 5.91 Å². The summed E-state index contributed by atoms with van der Waals surface area (Å²) in [5.74, 6) is -0.915. The first kappa shape index (κ1) is 30.2. The lowest BCUT2D eigenvalue weighted by molar-refractivity contribution is -0.274. The minimum Gasteiger partial charge on any atom is -0.444 e. The van der Waals surface area contributed by atoms with Gasteiger partial charge in [0.15, 0.2) is 0 Å². The Morgan fingerprint density at radius 2 is 1.72 bits per heavy atom. The van der Waals surface area contributed by atoms with Gasteiger partial charge in [0.05, 0.1) is 18.3 Å². The normalized spacial score (nSPS) is 19.6. The monoisotopic (exact) mass is 551 g/mol. The molecular formula is C28H36F3N3O5. The Hall–Kier alpha value is -3.31. The molecule has 39 heavy (non-hydrogen) atoms. The van der Waals surface area contributed by atoms with E-state index in [1.165, 1.54) is 23.1 Å². The molecule has 0 aromatic heterocycles. The number of aliphatic hydroxyl groups is 1. The zero-order valence-corrected chi connectivity index (χ0v) is 22.7. The Morgan fingerprint density at radius 1 is 1.08 bits per heavy atom. The van der Waals surface area contributed by atoms with Crippen LogP contribution in [0.1, 0.15) is 45.7 Å². The molecule has 214 valence electrons. The second kappa shape index (κ2) is 12.3. The average Bonchev–Trinajstić information content (AvgIpc) is 3.13. The standard InChI is InChI=1S/C28H36F3N3O5/c1-17(2)24-33-22(25(36)34(24)16-19-12-9-13-20(14-19)38-28(29,30)31)23(35)21(15-18-10-7-6-8-11-18)32-26(37)39-27(3,4)5/h6-14,17,21-24,33,35H,15-16H2,1-5H3,(H,32,37)/t21-,22?,23+,24?/m0/s1. The number of rotatable bonds is 9. The van der Waals surface area contributed by atoms with Crippen molar-refractivity contribution < 1.29 is 37.3 Å². The fraction of sp³-hybridized carbons (Fsp3) is 0.500. The summed E-state index contributed by atoms with van der Waals surface area (Å²) in [5, 5.41) is 17.3. The zero-order valence-electron chi connectivity index (χ0n) is 22.7. The molecule has 1 heterocycles. The largest absolute Gasteiger partial charge is 0.573 e. The van der Waals surface area contributed by atoms with Crippen LogP contribution in [0.4, 0.5) is 18.0 Å². The van der Waals surface area contributed by atoms with Gasteiger partial charge >= 0.3 is 12.5 Å². The number of alkyl halides is 3. The van der Waals surface area contributed by atoms with Gasteiger partial charge in [-0.1, -0.05) is 56.3 Å². The molecule has 0 spiro atoms. The van der Waals surface area contributed by atoms with Crippen LogP contribution in [0.15, 0.2) is 54.6 Å². The van der Waals surface area contributed by atoms with Crippen LogP contribution < -0.4 is 15.4 Å². The highest BCUT2D eigenvalue weighted by Gasteiger charge is 2.46. The summed E-state index contributed by atoms with van der Waals surface area (Å²) in [5.41, 5.74) is 0.500. The Kier molecular flexibility index (Phi) is 9.50. The van der Waals surface area contributed by atoms with Crippen molar-refractivity contribution in [3.8, 4) is 5.75 Å². The first-order valence-corrected chi connectivity index (χ1v) is 12.8. The van der Waals surface area contributed by atoms with Crippen molar-refractivity contribution in [2.45, 2.75) is 83.9 Å². The van der Waals surface area contributed by atoms with Gasteiger partial charge < -0.3 is 24.8 Å². The number of nitrogens with zero attached hydrogens (tertiary/aromatic N) is 1. The third-order valence-corrected chi connectivity index (χ3v) is 6.11. The van der Waals surface area contributed by atoms with Crippen molar-refractivity contribution >= 4 is 12.0 Å². The maximum atomic E-state index is 13.6. The quantitative estimate of drug-likeness (QED) is 0.428. The van der Waals surface area contributed by atoms with Crippen molar-refractivity contribution in [1.29, 1.82) is 0 Å². The average molecular weight is 552 g/mol. The molecule has 1 aliphatic rings. The highest BCUT2D eigenvalue weighted by molar-refractivity contribution is 5.85. The van der Waals surface area contributed by atoms with E-state index in [0.717, 1.165) is 5.56 Å². The fourth-order valence-corrected chi connectivity index (χ4v) is 4.49. The van der Waals surface area contributed by atoms with Gasteiger partial charge in [0, 0.05) is 6.54 Å². The second-order valence-corrected chi connectivity index (χ2v) is 10.9. The number of amides is 2. The van der Waals surface area contributed by atoms with Crippen LogP contribution in [0.3, 0.4) is 0 Å². The number of carbonyl (C=O) groups is 2. The van der Waals surface area contributed by atoms with Gasteiger partial charge in [-0.3, -0.25) is 10.1 Å². The van der Waals surface area contributed by atoms with Crippen LogP contribution in [-0.2, 0) is 22.5 Å². The van der Waals surface area contributed by atoms with E-state index in [9.17, 15) is 27.9 Å². The number of carbonyl (C=O) groups excluding carboxylic acids is 2. The lowest BCUT2D eigenvalue weighted by atomic mass is 9.96. The first-order chi connectivity index (χ1) is 18.1. The Balaban J connectivity index is 1.83. The number of alkyl carbamates (subject to hydrolysis) is 1. The third-order valence-electron chi connectivity index (χ3n) is 6.11. The lowest BCUT2D eigenvalue weighted by Gasteiger charge is -2.29. The van der Waals surface area contributed by atoms with Gasteiger partial charge in [0.25, 0.3) is 0 Å². The highest BCUT2D eigenvalue weighted by Crippen LogP contribution is 2.27. The molecule has 4 atom stereocenters. The van der Waals surface area contributed by atoms with Crippen molar-refractivity contribution in [1.82, 2.24) is 15.5 Å². The fourth-order valence-electron chi connectivity index (χ4n) is 4.49. The van der Waals surface area contributed by atoms with Crippen LogP contribution in [-0.4, -0.2) is 58.3 Å². The third kappa shape index (κ3) is 8.86. The van der Waals surface area contributed by atoms with Crippen molar-refractivity contribution in [2.75, 3.05) is 0 Å². The smallest absolute Gasteiger partial charge is 0.444 e. The number of benzene rings is 2. The van der Waals surface area contributed by atoms with E-state index in [0.29, 0.717) is 5.56 Å². The molecule has 1 saturated heterocycles. The molecule has 11 heteroatoms. The van der Waals surface area contributed by atoms with Crippen LogP contribution in [0.5, 0.6) is 5.75 Å². The molecule has 0 bridgehead atoms. The van der Waals surface area contributed by atoms with Crippen molar-refractivity contribution in [2.24, 2.45) is 5.92 Å². The van der Waals surface area contributed by atoms with Crippen LogP contribution >= 0.6 is 0 Å². The Bertz CT molecular complexity index is 1120. The number of halogens is 3. The maximum Gasteiger partial charge on any atom is 0.573 e. The molecule has 2 aromatic carbocycles. The van der Waals surface area contributed by atoms with E-state index in [1.807, 2.05) is 44.2 Å². The van der Waals surface area contributed by atoms with Crippen LogP contribution in [0, 0.1) is 5.92 Å². The summed E-state index contributed by atoms with van der Waals surface area (Å²) in [6, 6.07) is 12.7. The topological polar surface area (TPSA) is 100 Å². The van der Waals surface area contributed by atoms with Crippen molar-refractivity contribution in [3.05, 3.63) is 65.7 Å². The van der Waals surface area contributed by atoms with Gasteiger partial charge in [-0.15, -0.1) is 13.2 Å². The number of nitrogens with one attached hydrogen (secondary N) is 2. The van der Waals surface area contributed by atoms with E-state index in [1.54, 1.807) is 26.8 Å². The predicted octanol–water partition coefficient (Wildman–Crippen LogP) is 4.36. The van der Waals surface area contributed by atoms with E-state index in [2.05, 4.69) is 15.4 Å². The molecule has 8 nitrogen and oxygen atoms in total. The summed E-state index contributed by atoms with van der Waals surface area (Å²) in [6.07, 6.45) is -7.18. The molecular weight excluding hydrogens is 515 g/mol. The summed E-state index contributed by atoms with van der Waals surface area (Å²) in [4.78, 5) is 27.7. The Morgan fingerprint density at radius 3 is 2.31 bits per heavy atom. The van der Waals surface area contributed by atoms with Crippen LogP contribution in [0.25, 0.3) is 0 Å². The minimum absolute atomic E-state index is 0.00416. The second-order valence-electron chi connectivity index (χ2n) is 10.9. The maximum absolute atomic E-state index is 13.6. The van der Waals surface area contributed by atoms with Gasteiger partial charge in [-0.25, -0.2) is 4.79 Å².